The number of aromatic nitrogens is 2. The SMILES string of the molecule is COc1ccccc1/C=C/C(=O)NCc1cccc(NC(=O)Cn2cccn2)c1. The van der Waals surface area contributed by atoms with Gasteiger partial charge >= 0.3 is 0 Å². The number of nitrogens with one attached hydrogen (secondary N) is 2. The number of hydrogen-bond donors (Lipinski definition) is 2. The molecule has 0 atom stereocenters. The summed E-state index contributed by atoms with van der Waals surface area (Å²) in [6, 6.07) is 16.6. The van der Waals surface area contributed by atoms with Crippen LogP contribution >= 0.6 is 0 Å². The second-order valence-corrected chi connectivity index (χ2v) is 6.25. The highest BCUT2D eigenvalue weighted by Gasteiger charge is 2.05. The molecule has 3 rings (SSSR count). The number of rotatable bonds is 8. The van der Waals surface area contributed by atoms with Crippen molar-refractivity contribution >= 4 is 23.6 Å². The minimum atomic E-state index is -0.218. The first-order valence-electron chi connectivity index (χ1n) is 9.09. The Hall–Kier alpha value is -3.87. The van der Waals surface area contributed by atoms with Crippen molar-refractivity contribution < 1.29 is 14.3 Å². The summed E-state index contributed by atoms with van der Waals surface area (Å²) >= 11 is 0. The van der Waals surface area contributed by atoms with Crippen LogP contribution in [0.15, 0.2) is 73.1 Å². The Morgan fingerprint density at radius 1 is 1.14 bits per heavy atom. The van der Waals surface area contributed by atoms with Gasteiger partial charge in [-0.3, -0.25) is 14.3 Å². The average Bonchev–Trinajstić information content (AvgIpc) is 3.24. The molecule has 0 fully saturated rings. The molecule has 2 aromatic carbocycles. The van der Waals surface area contributed by atoms with E-state index in [0.717, 1.165) is 11.1 Å². The van der Waals surface area contributed by atoms with Crippen molar-refractivity contribution in [3.8, 4) is 5.75 Å². The number of methoxy groups -OCH3 is 1. The van der Waals surface area contributed by atoms with Gasteiger partial charge in [0, 0.05) is 36.3 Å². The van der Waals surface area contributed by atoms with Gasteiger partial charge in [-0.15, -0.1) is 0 Å². The highest BCUT2D eigenvalue weighted by molar-refractivity contribution is 5.92. The van der Waals surface area contributed by atoms with Gasteiger partial charge in [0.05, 0.1) is 7.11 Å². The summed E-state index contributed by atoms with van der Waals surface area (Å²) in [4.78, 5) is 24.2. The Morgan fingerprint density at radius 3 is 2.79 bits per heavy atom. The van der Waals surface area contributed by atoms with Gasteiger partial charge in [-0.25, -0.2) is 0 Å². The van der Waals surface area contributed by atoms with Crippen LogP contribution in [0.5, 0.6) is 5.75 Å². The van der Waals surface area contributed by atoms with Gasteiger partial charge in [0.25, 0.3) is 0 Å². The first-order valence-corrected chi connectivity index (χ1v) is 9.09. The standard InChI is InChI=1S/C22H22N4O3/c1-29-20-9-3-2-7-18(20)10-11-21(27)23-15-17-6-4-8-19(14-17)25-22(28)16-26-13-5-12-24-26/h2-14H,15-16H2,1H3,(H,23,27)(H,25,28)/b11-10+. The van der Waals surface area contributed by atoms with E-state index in [1.807, 2.05) is 42.5 Å². The zero-order valence-corrected chi connectivity index (χ0v) is 16.0. The Morgan fingerprint density at radius 2 is 2.00 bits per heavy atom. The van der Waals surface area contributed by atoms with Gasteiger partial charge in [0.2, 0.25) is 11.8 Å². The van der Waals surface area contributed by atoms with E-state index in [9.17, 15) is 9.59 Å². The molecule has 0 spiro atoms. The van der Waals surface area contributed by atoms with Crippen molar-refractivity contribution in [3.63, 3.8) is 0 Å². The van der Waals surface area contributed by atoms with Crippen LogP contribution in [0.4, 0.5) is 5.69 Å². The zero-order chi connectivity index (χ0) is 20.5. The van der Waals surface area contributed by atoms with Crippen LogP contribution in [0.25, 0.3) is 6.08 Å². The van der Waals surface area contributed by atoms with Gasteiger partial charge in [-0.05, 0) is 35.9 Å². The normalized spacial score (nSPS) is 10.7. The number of para-hydroxylation sites is 1. The molecule has 3 aromatic rings. The number of amides is 2. The van der Waals surface area contributed by atoms with Gasteiger partial charge in [0.1, 0.15) is 12.3 Å². The predicted molar refractivity (Wildman–Crippen MR) is 111 cm³/mol. The molecule has 0 unspecified atom stereocenters. The van der Waals surface area contributed by atoms with Crippen molar-refractivity contribution in [1.82, 2.24) is 15.1 Å². The maximum atomic E-state index is 12.1. The van der Waals surface area contributed by atoms with Gasteiger partial charge in [-0.1, -0.05) is 30.3 Å². The van der Waals surface area contributed by atoms with E-state index in [-0.39, 0.29) is 18.4 Å². The smallest absolute Gasteiger partial charge is 0.246 e. The van der Waals surface area contributed by atoms with Crippen LogP contribution in [-0.2, 0) is 22.7 Å². The van der Waals surface area contributed by atoms with Gasteiger partial charge in [-0.2, -0.15) is 5.10 Å². The largest absolute Gasteiger partial charge is 0.496 e. The van der Waals surface area contributed by atoms with E-state index >= 15 is 0 Å². The van der Waals surface area contributed by atoms with Crippen LogP contribution in [0.3, 0.4) is 0 Å². The molecule has 0 aliphatic rings. The van der Waals surface area contributed by atoms with E-state index in [1.54, 1.807) is 42.4 Å². The number of hydrogen-bond acceptors (Lipinski definition) is 4. The second kappa shape index (κ2) is 9.89. The van der Waals surface area contributed by atoms with E-state index in [2.05, 4.69) is 15.7 Å². The Bertz CT molecular complexity index is 997. The third-order valence-corrected chi connectivity index (χ3v) is 4.10. The van der Waals surface area contributed by atoms with Crippen molar-refractivity contribution in [2.45, 2.75) is 13.1 Å². The van der Waals surface area contributed by atoms with E-state index in [1.165, 1.54) is 6.08 Å². The van der Waals surface area contributed by atoms with Crippen molar-refractivity contribution in [2.24, 2.45) is 0 Å². The third kappa shape index (κ3) is 6.07. The first kappa shape index (κ1) is 19.9. The van der Waals surface area contributed by atoms with E-state index in [4.69, 9.17) is 4.74 Å². The maximum Gasteiger partial charge on any atom is 0.246 e. The Kier molecular flexibility index (Phi) is 6.78. The maximum absolute atomic E-state index is 12.1. The Balaban J connectivity index is 1.52. The molecule has 2 amide bonds. The molecule has 148 valence electrons. The summed E-state index contributed by atoms with van der Waals surface area (Å²) in [5, 5.41) is 9.67. The van der Waals surface area contributed by atoms with Crippen molar-refractivity contribution in [2.75, 3.05) is 12.4 Å². The number of nitrogens with zero attached hydrogens (tertiary/aromatic N) is 2. The number of carbonyl (C=O) groups is 2. The summed E-state index contributed by atoms with van der Waals surface area (Å²) in [6.45, 7) is 0.486. The minimum absolute atomic E-state index is 0.141. The first-order chi connectivity index (χ1) is 14.1. The summed E-state index contributed by atoms with van der Waals surface area (Å²) in [7, 11) is 1.59. The number of anilines is 1. The predicted octanol–water partition coefficient (Wildman–Crippen LogP) is 2.86. The molecule has 0 aliphatic heterocycles. The molecule has 7 heteroatoms. The highest BCUT2D eigenvalue weighted by Crippen LogP contribution is 2.18. The van der Waals surface area contributed by atoms with Crippen LogP contribution in [0.1, 0.15) is 11.1 Å². The highest BCUT2D eigenvalue weighted by atomic mass is 16.5. The molecule has 0 saturated heterocycles. The molecular formula is C22H22N4O3. The molecule has 1 aromatic heterocycles. The van der Waals surface area contributed by atoms with Gasteiger partial charge < -0.3 is 15.4 Å². The summed E-state index contributed by atoms with van der Waals surface area (Å²) in [5.41, 5.74) is 2.37. The lowest BCUT2D eigenvalue weighted by atomic mass is 10.2. The lowest BCUT2D eigenvalue weighted by Crippen LogP contribution is -2.21. The summed E-state index contributed by atoms with van der Waals surface area (Å²) in [6.07, 6.45) is 6.52. The number of ether oxygens (including phenoxy) is 1. The van der Waals surface area contributed by atoms with Gasteiger partial charge in [0.15, 0.2) is 0 Å². The fourth-order valence-corrected chi connectivity index (χ4v) is 2.72. The van der Waals surface area contributed by atoms with Crippen LogP contribution < -0.4 is 15.4 Å². The Labute approximate surface area is 169 Å². The van der Waals surface area contributed by atoms with Crippen molar-refractivity contribution in [1.29, 1.82) is 0 Å². The quantitative estimate of drug-likeness (QED) is 0.579. The summed E-state index contributed by atoms with van der Waals surface area (Å²) in [5.74, 6) is 0.314. The fraction of sp³-hybridized carbons (Fsp3) is 0.136. The lowest BCUT2D eigenvalue weighted by molar-refractivity contribution is -0.117. The van der Waals surface area contributed by atoms with Crippen LogP contribution in [0.2, 0.25) is 0 Å². The topological polar surface area (TPSA) is 85.3 Å². The third-order valence-electron chi connectivity index (χ3n) is 4.10. The van der Waals surface area contributed by atoms with Crippen LogP contribution in [-0.4, -0.2) is 28.7 Å². The molecule has 0 saturated carbocycles. The number of carbonyl (C=O) groups excluding carboxylic acids is 2. The lowest BCUT2D eigenvalue weighted by Gasteiger charge is -2.08. The molecule has 0 radical (unpaired) electrons. The molecular weight excluding hydrogens is 368 g/mol. The second-order valence-electron chi connectivity index (χ2n) is 6.25. The minimum Gasteiger partial charge on any atom is -0.496 e. The zero-order valence-electron chi connectivity index (χ0n) is 16.0. The summed E-state index contributed by atoms with van der Waals surface area (Å²) < 4.78 is 6.81. The average molecular weight is 390 g/mol. The van der Waals surface area contributed by atoms with E-state index < -0.39 is 0 Å². The van der Waals surface area contributed by atoms with E-state index in [0.29, 0.717) is 18.0 Å². The molecule has 1 heterocycles. The number of benzene rings is 2. The molecule has 7 nitrogen and oxygen atoms in total. The van der Waals surface area contributed by atoms with Crippen LogP contribution in [0, 0.1) is 0 Å². The molecule has 0 aliphatic carbocycles. The fourth-order valence-electron chi connectivity index (χ4n) is 2.72. The van der Waals surface area contributed by atoms with Crippen molar-refractivity contribution in [3.05, 3.63) is 84.2 Å². The molecule has 29 heavy (non-hydrogen) atoms. The molecule has 2 N–H and O–H groups in total. The molecule has 0 bridgehead atoms. The monoisotopic (exact) mass is 390 g/mol.